The summed E-state index contributed by atoms with van der Waals surface area (Å²) in [6.07, 6.45) is 5.96. The number of benzene rings is 2. The van der Waals surface area contributed by atoms with Crippen LogP contribution in [0.2, 0.25) is 5.02 Å². The van der Waals surface area contributed by atoms with Gasteiger partial charge in [-0.05, 0) is 73.4 Å². The minimum Gasteiger partial charge on any atom is -0.482 e. The molecule has 2 aromatic carbocycles. The monoisotopic (exact) mass is 498 g/mol. The molecule has 182 valence electrons. The summed E-state index contributed by atoms with van der Waals surface area (Å²) in [5, 5.41) is 11.0. The molecule has 0 unspecified atom stereocenters. The van der Waals surface area contributed by atoms with E-state index in [9.17, 15) is 18.7 Å². The van der Waals surface area contributed by atoms with Gasteiger partial charge in [0.1, 0.15) is 5.75 Å². The van der Waals surface area contributed by atoms with Gasteiger partial charge in [-0.15, -0.1) is 0 Å². The first kappa shape index (κ1) is 22.7. The highest BCUT2D eigenvalue weighted by molar-refractivity contribution is 6.30. The van der Waals surface area contributed by atoms with Gasteiger partial charge in [0.2, 0.25) is 0 Å². The first-order valence-electron chi connectivity index (χ1n) is 12.0. The molecule has 0 amide bonds. The number of imidazole rings is 1. The van der Waals surface area contributed by atoms with E-state index in [1.54, 1.807) is 24.5 Å². The van der Waals surface area contributed by atoms with E-state index in [1.807, 2.05) is 6.20 Å². The molecule has 2 aliphatic carbocycles. The average molecular weight is 499 g/mol. The molecule has 6 atom stereocenters. The molecule has 0 radical (unpaired) electrons. The van der Waals surface area contributed by atoms with Crippen LogP contribution in [0.1, 0.15) is 49.8 Å². The van der Waals surface area contributed by atoms with Gasteiger partial charge in [0.25, 0.3) is 0 Å². The third-order valence-electron chi connectivity index (χ3n) is 8.03. The lowest BCUT2D eigenvalue weighted by molar-refractivity contribution is -0.129. The molecule has 5 nitrogen and oxygen atoms in total. The number of aliphatic hydroxyl groups excluding tert-OH is 1. The maximum Gasteiger partial charge on any atom is 0.173 e. The predicted molar refractivity (Wildman–Crippen MR) is 126 cm³/mol. The summed E-state index contributed by atoms with van der Waals surface area (Å²) >= 11 is 6.02. The number of fused-ring (bicyclic) bond motifs is 3. The lowest BCUT2D eigenvalue weighted by Gasteiger charge is -2.32. The Morgan fingerprint density at radius 3 is 2.71 bits per heavy atom. The van der Waals surface area contributed by atoms with Crippen molar-refractivity contribution in [1.29, 1.82) is 0 Å². The summed E-state index contributed by atoms with van der Waals surface area (Å²) < 4.78 is 34.9. The lowest BCUT2D eigenvalue weighted by atomic mass is 9.81. The average Bonchev–Trinajstić information content (AvgIpc) is 3.57. The summed E-state index contributed by atoms with van der Waals surface area (Å²) in [5.41, 5.74) is 1.80. The number of ketones is 1. The van der Waals surface area contributed by atoms with Gasteiger partial charge in [-0.3, -0.25) is 4.79 Å². The Kier molecular flexibility index (Phi) is 5.65. The van der Waals surface area contributed by atoms with Gasteiger partial charge in [0.15, 0.2) is 23.5 Å². The maximum atomic E-state index is 13.6. The Labute approximate surface area is 206 Å². The molecule has 3 aliphatic rings. The minimum atomic E-state index is -0.883. The van der Waals surface area contributed by atoms with Crippen molar-refractivity contribution in [3.05, 3.63) is 71.1 Å². The Hall–Kier alpha value is -2.77. The molecule has 1 aromatic heterocycles. The van der Waals surface area contributed by atoms with Gasteiger partial charge in [-0.2, -0.15) is 0 Å². The third-order valence-corrected chi connectivity index (χ3v) is 8.26. The predicted octanol–water partition coefficient (Wildman–Crippen LogP) is 5.91. The van der Waals surface area contributed by atoms with Gasteiger partial charge >= 0.3 is 0 Å². The Balaban J connectivity index is 1.09. The molecule has 35 heavy (non-hydrogen) atoms. The summed E-state index contributed by atoms with van der Waals surface area (Å²) in [5.74, 6) is 0.0202. The molecular weight excluding hydrogens is 474 g/mol. The van der Waals surface area contributed by atoms with E-state index in [0.717, 1.165) is 25.3 Å². The molecule has 8 heteroatoms. The van der Waals surface area contributed by atoms with Crippen LogP contribution in [0.5, 0.6) is 5.75 Å². The molecule has 0 spiro atoms. The van der Waals surface area contributed by atoms with E-state index in [2.05, 4.69) is 9.55 Å². The second-order valence-electron chi connectivity index (χ2n) is 10.1. The first-order valence-corrected chi connectivity index (χ1v) is 12.4. The van der Waals surface area contributed by atoms with Crippen LogP contribution in [-0.4, -0.2) is 26.5 Å². The molecule has 2 saturated carbocycles. The molecular formula is C27H25ClF2N2O3. The number of aliphatic hydroxyl groups is 1. The molecule has 1 N–H and O–H groups in total. The number of hydrogen-bond donors (Lipinski definition) is 1. The van der Waals surface area contributed by atoms with Crippen molar-refractivity contribution in [2.24, 2.45) is 17.8 Å². The normalized spacial score (nSPS) is 29.1. The number of carbonyl (C=O) groups is 1. The van der Waals surface area contributed by atoms with E-state index in [0.29, 0.717) is 57.8 Å². The van der Waals surface area contributed by atoms with Crippen molar-refractivity contribution in [2.45, 2.75) is 50.4 Å². The van der Waals surface area contributed by atoms with Crippen molar-refractivity contribution in [3.63, 3.8) is 0 Å². The summed E-state index contributed by atoms with van der Waals surface area (Å²) in [7, 11) is 0. The zero-order valence-electron chi connectivity index (χ0n) is 18.9. The van der Waals surface area contributed by atoms with Gasteiger partial charge in [0, 0.05) is 41.2 Å². The highest BCUT2D eigenvalue weighted by Gasteiger charge is 2.47. The topological polar surface area (TPSA) is 64.4 Å². The van der Waals surface area contributed by atoms with Gasteiger partial charge < -0.3 is 14.4 Å². The highest BCUT2D eigenvalue weighted by atomic mass is 35.5. The van der Waals surface area contributed by atoms with Crippen LogP contribution >= 0.6 is 11.6 Å². The SMILES string of the molecule is O=C(C[C@H]1C[C@H]2C[C@@H]1C[C@@H]2n1cnc(-c2ccc(F)c(F)c2)c1)[C@H]1C[C@@H](O)c2cc(Cl)ccc2O1. The van der Waals surface area contributed by atoms with Gasteiger partial charge in [-0.25, -0.2) is 13.8 Å². The second kappa shape index (κ2) is 8.71. The Morgan fingerprint density at radius 2 is 1.94 bits per heavy atom. The van der Waals surface area contributed by atoms with E-state index in [4.69, 9.17) is 16.3 Å². The van der Waals surface area contributed by atoms with Gasteiger partial charge in [-0.1, -0.05) is 11.6 Å². The quantitative estimate of drug-likeness (QED) is 0.475. The van der Waals surface area contributed by atoms with E-state index in [-0.39, 0.29) is 12.2 Å². The number of carbonyl (C=O) groups excluding carboxylic acids is 1. The standard InChI is InChI=1S/C27H25ClF2N2O3/c28-18-2-4-26-19(10-18)24(33)11-27(35-26)25(34)9-16-6-17-5-15(16)8-23(17)32-12-22(31-13-32)14-1-3-20(29)21(30)7-14/h1-4,7,10,12-13,15-17,23-24,27,33H,5-6,8-9,11H2/t15-,16-,17-,23+,24-,27-/m1/s1. The highest BCUT2D eigenvalue weighted by Crippen LogP contribution is 2.55. The number of hydrogen-bond acceptors (Lipinski definition) is 4. The third kappa shape index (κ3) is 4.15. The van der Waals surface area contributed by atoms with Crippen LogP contribution in [0.25, 0.3) is 11.3 Å². The number of ether oxygens (including phenoxy) is 1. The van der Waals surface area contributed by atoms with Crippen molar-refractivity contribution < 1.29 is 23.4 Å². The number of nitrogens with zero attached hydrogens (tertiary/aromatic N) is 2. The fourth-order valence-corrected chi connectivity index (χ4v) is 6.49. The minimum absolute atomic E-state index is 0.0435. The number of aromatic nitrogens is 2. The smallest absolute Gasteiger partial charge is 0.173 e. The zero-order valence-corrected chi connectivity index (χ0v) is 19.7. The van der Waals surface area contributed by atoms with Crippen LogP contribution in [-0.2, 0) is 4.79 Å². The molecule has 1 aliphatic heterocycles. The molecule has 2 fully saturated rings. The van der Waals surface area contributed by atoms with Crippen LogP contribution in [0.3, 0.4) is 0 Å². The van der Waals surface area contributed by atoms with Crippen molar-refractivity contribution >= 4 is 17.4 Å². The molecule has 3 aromatic rings. The first-order chi connectivity index (χ1) is 16.9. The Morgan fingerprint density at radius 1 is 1.09 bits per heavy atom. The van der Waals surface area contributed by atoms with E-state index in [1.165, 1.54) is 12.1 Å². The van der Waals surface area contributed by atoms with Crippen LogP contribution in [0.15, 0.2) is 48.9 Å². The number of rotatable bonds is 5. The molecule has 2 bridgehead atoms. The number of Topliss-reactive ketones (excluding diaryl/α,β-unsaturated/α-hetero) is 1. The molecule has 6 rings (SSSR count). The van der Waals surface area contributed by atoms with E-state index >= 15 is 0 Å². The van der Waals surface area contributed by atoms with Crippen LogP contribution < -0.4 is 4.74 Å². The molecule has 2 heterocycles. The summed E-state index contributed by atoms with van der Waals surface area (Å²) in [6, 6.07) is 9.21. The Bertz CT molecular complexity index is 1300. The number of halogens is 3. The molecule has 0 saturated heterocycles. The fraction of sp³-hybridized carbons (Fsp3) is 0.407. The van der Waals surface area contributed by atoms with E-state index < -0.39 is 23.8 Å². The fourth-order valence-electron chi connectivity index (χ4n) is 6.31. The lowest BCUT2D eigenvalue weighted by Crippen LogP contribution is -2.35. The van der Waals surface area contributed by atoms with Gasteiger partial charge in [0.05, 0.1) is 18.1 Å². The maximum absolute atomic E-state index is 13.6. The van der Waals surface area contributed by atoms with Crippen LogP contribution in [0, 0.1) is 29.4 Å². The zero-order chi connectivity index (χ0) is 24.3. The largest absolute Gasteiger partial charge is 0.482 e. The van der Waals surface area contributed by atoms with Crippen molar-refractivity contribution in [1.82, 2.24) is 9.55 Å². The summed E-state index contributed by atoms with van der Waals surface area (Å²) in [6.45, 7) is 0. The van der Waals surface area contributed by atoms with Crippen molar-refractivity contribution in [2.75, 3.05) is 0 Å². The summed E-state index contributed by atoms with van der Waals surface area (Å²) in [4.78, 5) is 17.5. The van der Waals surface area contributed by atoms with Crippen molar-refractivity contribution in [3.8, 4) is 17.0 Å². The second-order valence-corrected chi connectivity index (χ2v) is 10.5. The van der Waals surface area contributed by atoms with Crippen LogP contribution in [0.4, 0.5) is 8.78 Å².